The number of nitrogens with one attached hydrogen (secondary N) is 5. The summed E-state index contributed by atoms with van der Waals surface area (Å²) in [6.07, 6.45) is -8.69. The maximum absolute atomic E-state index is 14.5. The van der Waals surface area contributed by atoms with E-state index < -0.39 is 162 Å². The Morgan fingerprint density at radius 1 is 0.235 bits per heavy atom. The van der Waals surface area contributed by atoms with Crippen molar-refractivity contribution >= 4 is 28.4 Å². The molecule has 15 aromatic rings. The topological polar surface area (TPSA) is 149 Å². The van der Waals surface area contributed by atoms with E-state index in [2.05, 4.69) is 52.1 Å². The van der Waals surface area contributed by atoms with Crippen LogP contribution in [0.25, 0.3) is 55.6 Å². The highest BCUT2D eigenvalue weighted by Crippen LogP contribution is 2.41. The number of nitrogens with zero attached hydrogens (tertiary/aromatic N) is 10. The van der Waals surface area contributed by atoms with Crippen LogP contribution < -0.4 is 26.6 Å². The van der Waals surface area contributed by atoms with E-state index in [0.29, 0.717) is 64.0 Å². The summed E-state index contributed by atoms with van der Waals surface area (Å²) in [6.45, 7) is -10.1. The Labute approximate surface area is 752 Å². The van der Waals surface area contributed by atoms with E-state index in [0.717, 1.165) is 83.0 Å². The molecule has 0 bridgehead atoms. The number of hydrogen-bond acceptors (Lipinski definition) is 10. The van der Waals surface area contributed by atoms with Crippen molar-refractivity contribution in [3.63, 3.8) is 0 Å². The Morgan fingerprint density at radius 2 is 0.500 bits per heavy atom. The van der Waals surface area contributed by atoms with Gasteiger partial charge in [-0.2, -0.15) is 69.4 Å². The first kappa shape index (κ1) is 102. The maximum Gasteiger partial charge on any atom is 0.333 e. The van der Waals surface area contributed by atoms with Crippen LogP contribution in [0.3, 0.4) is 0 Å². The van der Waals surface area contributed by atoms with Crippen LogP contribution in [0.1, 0.15) is 126 Å². The van der Waals surface area contributed by atoms with Crippen LogP contribution in [0.15, 0.2) is 225 Å². The summed E-state index contributed by atoms with van der Waals surface area (Å²) in [6, 6.07) is 43.5. The van der Waals surface area contributed by atoms with Gasteiger partial charge in [-0.25, -0.2) is 107 Å². The van der Waals surface area contributed by atoms with Crippen molar-refractivity contribution in [1.29, 1.82) is 0 Å². The van der Waals surface area contributed by atoms with Gasteiger partial charge in [-0.15, -0.1) is 0 Å². The van der Waals surface area contributed by atoms with Crippen LogP contribution in [-0.2, 0) is 32.7 Å². The second-order valence-electron chi connectivity index (χ2n) is 29.1. The zero-order valence-electron chi connectivity index (χ0n) is 70.0. The van der Waals surface area contributed by atoms with Crippen LogP contribution in [-0.4, -0.2) is 48.9 Å². The summed E-state index contributed by atoms with van der Waals surface area (Å²) < 4.78 is 386. The first-order valence-corrected chi connectivity index (χ1v) is 39.7. The number of rotatable bonds is 29. The van der Waals surface area contributed by atoms with Gasteiger partial charge >= 0.3 is 32.7 Å². The molecule has 0 spiro atoms. The summed E-state index contributed by atoms with van der Waals surface area (Å²) in [7, 11) is 0. The van der Waals surface area contributed by atoms with E-state index >= 15 is 0 Å². The molecule has 5 heterocycles. The lowest BCUT2D eigenvalue weighted by Crippen LogP contribution is -2.05. The lowest BCUT2D eigenvalue weighted by molar-refractivity contribution is 0.0532. The third kappa shape index (κ3) is 25.8. The Morgan fingerprint density at radius 3 is 0.779 bits per heavy atom. The predicted molar refractivity (Wildman–Crippen MR) is 447 cm³/mol. The van der Waals surface area contributed by atoms with Crippen LogP contribution >= 0.6 is 0 Å². The molecule has 10 aromatic carbocycles. The SMILES string of the molecule is Cc1cc(C)c(CNc2ccc(-c3cn(C(F)F)nc3C(F)F)c(F)c2)c(F)c1.Cc1nn(C(F)F)cc1-c1ccc(NCc2ccccc2F)cc1.Fc1cc(NCc2c(F)cccc2F)ccc1-c1cn(C(F)F)nc1C(F)F.Fc1cc(NCc2c(F)cccc2F)ccc1-c1cn(C(F)F)nc1C(F)F.Fc1ccccc1CNc1ccc(-c2cn(C(F)F)nc2C(F)F)c(F)c1. The highest BCUT2D eigenvalue weighted by Gasteiger charge is 2.30. The first-order valence-electron chi connectivity index (χ1n) is 39.7. The summed E-state index contributed by atoms with van der Waals surface area (Å²) in [5.41, 5.74) is -0.903. The van der Waals surface area contributed by atoms with Crippen LogP contribution in [0.2, 0.25) is 0 Å². The molecule has 5 N–H and O–H groups in total. The summed E-state index contributed by atoms with van der Waals surface area (Å²) in [5.74, 6) is -8.00. The van der Waals surface area contributed by atoms with Crippen molar-refractivity contribution in [3.8, 4) is 55.6 Å². The molecule has 0 saturated heterocycles. The monoisotopic (exact) mass is 1940 g/mol. The predicted octanol–water partition coefficient (Wildman–Crippen LogP) is 29.0. The van der Waals surface area contributed by atoms with E-state index in [1.807, 2.05) is 30.3 Å². The fourth-order valence-corrected chi connectivity index (χ4v) is 13.3. The van der Waals surface area contributed by atoms with Gasteiger partial charge < -0.3 is 26.6 Å². The standard InChI is InChI=1S/C20H17F6N3.2C18H12F7N3.C18H13F6N3.C18H16F3N3/c1-10-5-11(2)14(16(21)6-10)8-27-12-3-4-13(17(22)7-12)15-9-29(20(25)26)28-18(15)19(23)24;2*19-13-2-1-3-14(20)11(13)7-26-9-4-5-10(15(21)6-9)12-8-28(18(24)25)27-16(12)17(22)23;19-14-4-2-1-3-10(14)8-25-11-5-6-12(15(20)7-11)13-9-27(18(23)24)26-16(13)17(21)22;1-12-16(11-24(23-12)18(20)21)13-6-8-15(9-7-13)22-10-14-4-2-3-5-17(14)19/h3-7,9,19-20,27H,8H2,1-2H3;2*1-6,8,17-18,26H,7H2;1-7,9,17-18,25H,8H2;2-9,11,18,22H,10H2,1H3. The van der Waals surface area contributed by atoms with E-state index in [4.69, 9.17) is 0 Å². The largest absolute Gasteiger partial charge is 0.381 e. The minimum atomic E-state index is -3.18. The molecule has 0 atom stereocenters. The van der Waals surface area contributed by atoms with Gasteiger partial charge in [0.05, 0.1) is 5.69 Å². The molecule has 15 nitrogen and oxygen atoms in total. The van der Waals surface area contributed by atoms with Gasteiger partial charge in [-0.1, -0.05) is 66.7 Å². The van der Waals surface area contributed by atoms with Gasteiger partial charge in [0, 0.05) is 170 Å². The maximum atomic E-state index is 14.5. The van der Waals surface area contributed by atoms with Crippen molar-refractivity contribution in [1.82, 2.24) is 48.9 Å². The Kier molecular flexibility index (Phi) is 34.2. The molecule has 0 saturated carbocycles. The Bertz CT molecular complexity index is 6350. The van der Waals surface area contributed by atoms with Gasteiger partial charge in [0.25, 0.3) is 25.7 Å². The summed E-state index contributed by atoms with van der Waals surface area (Å²) >= 11 is 0. The Hall–Kier alpha value is -14.8. The molecule has 0 amide bonds. The van der Waals surface area contributed by atoms with Crippen LogP contribution in [0.5, 0.6) is 0 Å². The molecule has 0 radical (unpaired) electrons. The third-order valence-corrected chi connectivity index (χ3v) is 20.0. The molecule has 0 aliphatic rings. The molecule has 44 heteroatoms. The molecular formula is C92H70F29N15. The van der Waals surface area contributed by atoms with Gasteiger partial charge in [-0.3, -0.25) is 0 Å². The van der Waals surface area contributed by atoms with E-state index in [9.17, 15) is 127 Å². The van der Waals surface area contributed by atoms with E-state index in [1.54, 1.807) is 51.1 Å². The smallest absolute Gasteiger partial charge is 0.333 e. The molecule has 716 valence electrons. The number of hydrogen-bond donors (Lipinski definition) is 5. The number of alkyl halides is 18. The van der Waals surface area contributed by atoms with Crippen LogP contribution in [0.4, 0.5) is 156 Å². The fourth-order valence-electron chi connectivity index (χ4n) is 13.3. The van der Waals surface area contributed by atoms with Gasteiger partial charge in [0.1, 0.15) is 86.8 Å². The minimum absolute atomic E-state index is 0.0172. The third-order valence-electron chi connectivity index (χ3n) is 20.0. The molecule has 15 rings (SSSR count). The quantitative estimate of drug-likeness (QED) is 0.0287. The molecule has 136 heavy (non-hydrogen) atoms. The number of aryl methyl sites for hydroxylation is 3. The Balaban J connectivity index is 0.000000163. The highest BCUT2D eigenvalue weighted by molar-refractivity contribution is 5.73. The molecule has 0 aliphatic heterocycles. The lowest BCUT2D eigenvalue weighted by Gasteiger charge is -2.12. The molecule has 0 aliphatic carbocycles. The number of halogens is 29. The van der Waals surface area contributed by atoms with Crippen molar-refractivity contribution in [2.45, 2.75) is 112 Å². The second-order valence-corrected chi connectivity index (χ2v) is 29.1. The van der Waals surface area contributed by atoms with Crippen molar-refractivity contribution in [3.05, 3.63) is 357 Å². The summed E-state index contributed by atoms with van der Waals surface area (Å²) in [4.78, 5) is 0. The average molecular weight is 1940 g/mol. The second kappa shape index (κ2) is 45.8. The summed E-state index contributed by atoms with van der Waals surface area (Å²) in [5, 5.41) is 30.3. The highest BCUT2D eigenvalue weighted by atomic mass is 19.3. The van der Waals surface area contributed by atoms with Gasteiger partial charge in [0.15, 0.2) is 0 Å². The lowest BCUT2D eigenvalue weighted by atomic mass is 10.0. The average Bonchev–Trinajstić information content (AvgIpc) is 1.66. The molecule has 5 aromatic heterocycles. The minimum Gasteiger partial charge on any atom is -0.381 e. The van der Waals surface area contributed by atoms with E-state index in [1.165, 1.54) is 79.0 Å². The first-order chi connectivity index (χ1) is 64.6. The molecule has 0 fully saturated rings. The van der Waals surface area contributed by atoms with Crippen molar-refractivity contribution in [2.24, 2.45) is 0 Å². The van der Waals surface area contributed by atoms with Crippen LogP contribution in [0, 0.1) is 84.8 Å². The zero-order chi connectivity index (χ0) is 98.8. The number of anilines is 5. The molecule has 0 unspecified atom stereocenters. The fraction of sp³-hybridized carbons (Fsp3) is 0.185. The number of benzene rings is 10. The van der Waals surface area contributed by atoms with Gasteiger partial charge in [-0.05, 0) is 165 Å². The van der Waals surface area contributed by atoms with Crippen molar-refractivity contribution < 1.29 is 127 Å². The van der Waals surface area contributed by atoms with E-state index in [-0.39, 0.29) is 107 Å². The van der Waals surface area contributed by atoms with Crippen molar-refractivity contribution in [2.75, 3.05) is 26.6 Å². The number of aromatic nitrogens is 10. The zero-order valence-corrected chi connectivity index (χ0v) is 70.0. The normalized spacial score (nSPS) is 11.4. The van der Waals surface area contributed by atoms with Gasteiger partial charge in [0.2, 0.25) is 0 Å². The molecular weight excluding hydrogens is 1870 g/mol.